The number of amides is 1. The highest BCUT2D eigenvalue weighted by molar-refractivity contribution is 5.94. The zero-order valence-electron chi connectivity index (χ0n) is 14.8. The molecule has 0 radical (unpaired) electrons. The molecule has 0 spiro atoms. The van der Waals surface area contributed by atoms with Crippen molar-refractivity contribution in [1.29, 1.82) is 0 Å². The van der Waals surface area contributed by atoms with Crippen LogP contribution in [-0.2, 0) is 4.79 Å². The van der Waals surface area contributed by atoms with E-state index in [1.165, 1.54) is 0 Å². The van der Waals surface area contributed by atoms with Gasteiger partial charge in [0.15, 0.2) is 0 Å². The Labute approximate surface area is 144 Å². The lowest BCUT2D eigenvalue weighted by molar-refractivity contribution is -0.114. The summed E-state index contributed by atoms with van der Waals surface area (Å²) >= 11 is 0. The number of ether oxygens (including phenoxy) is 1. The fourth-order valence-electron chi connectivity index (χ4n) is 2.18. The van der Waals surface area contributed by atoms with E-state index in [0.717, 1.165) is 28.3 Å². The van der Waals surface area contributed by atoms with Crippen LogP contribution in [0.2, 0.25) is 0 Å². The molecule has 128 valence electrons. The molecule has 2 rings (SSSR count). The lowest BCUT2D eigenvalue weighted by Gasteiger charge is -2.12. The lowest BCUT2D eigenvalue weighted by Crippen LogP contribution is -2.22. The molecule has 2 aromatic carbocycles. The van der Waals surface area contributed by atoms with E-state index in [4.69, 9.17) is 4.74 Å². The van der Waals surface area contributed by atoms with Gasteiger partial charge in [-0.15, -0.1) is 0 Å². The molecular weight excluding hydrogens is 300 g/mol. The Morgan fingerprint density at radius 1 is 1.08 bits per heavy atom. The molecule has 0 fully saturated rings. The number of hydrogen-bond acceptors (Lipinski definition) is 3. The second kappa shape index (κ2) is 8.39. The van der Waals surface area contributed by atoms with Crippen molar-refractivity contribution >= 4 is 17.3 Å². The van der Waals surface area contributed by atoms with Crippen molar-refractivity contribution in [2.45, 2.75) is 27.7 Å². The SMILES string of the molecule is Cc1ccc(C)c(NC(=O)CNc2ccc(OCC(C)C)cc2)c1. The predicted octanol–water partition coefficient (Wildman–Crippen LogP) is 4.39. The molecule has 0 aliphatic rings. The van der Waals surface area contributed by atoms with Crippen molar-refractivity contribution in [3.63, 3.8) is 0 Å². The molecule has 1 amide bonds. The Bertz CT molecular complexity index is 679. The van der Waals surface area contributed by atoms with Crippen LogP contribution < -0.4 is 15.4 Å². The standard InChI is InChI=1S/C20H26N2O2/c1-14(2)13-24-18-9-7-17(8-10-18)21-12-20(23)22-19-11-15(3)5-6-16(19)4/h5-11,14,21H,12-13H2,1-4H3,(H,22,23). The largest absolute Gasteiger partial charge is 0.493 e. The van der Waals surface area contributed by atoms with E-state index in [1.54, 1.807) is 0 Å². The topological polar surface area (TPSA) is 50.4 Å². The normalized spacial score (nSPS) is 10.5. The lowest BCUT2D eigenvalue weighted by atomic mass is 10.1. The second-order valence-electron chi connectivity index (χ2n) is 6.45. The molecule has 0 aliphatic heterocycles. The van der Waals surface area contributed by atoms with Gasteiger partial charge in [0.25, 0.3) is 0 Å². The van der Waals surface area contributed by atoms with Gasteiger partial charge in [0.05, 0.1) is 13.2 Å². The summed E-state index contributed by atoms with van der Waals surface area (Å²) in [6.07, 6.45) is 0. The summed E-state index contributed by atoms with van der Waals surface area (Å²) in [4.78, 5) is 12.1. The average molecular weight is 326 g/mol. The summed E-state index contributed by atoms with van der Waals surface area (Å²) in [6.45, 7) is 9.15. The van der Waals surface area contributed by atoms with Crippen LogP contribution in [0.3, 0.4) is 0 Å². The molecule has 0 atom stereocenters. The van der Waals surface area contributed by atoms with Crippen molar-refractivity contribution in [3.8, 4) is 5.75 Å². The number of hydrogen-bond donors (Lipinski definition) is 2. The third kappa shape index (κ3) is 5.61. The van der Waals surface area contributed by atoms with Crippen LogP contribution in [0.15, 0.2) is 42.5 Å². The predicted molar refractivity (Wildman–Crippen MR) is 99.8 cm³/mol. The average Bonchev–Trinajstić information content (AvgIpc) is 2.55. The van der Waals surface area contributed by atoms with E-state index < -0.39 is 0 Å². The van der Waals surface area contributed by atoms with E-state index in [-0.39, 0.29) is 12.5 Å². The van der Waals surface area contributed by atoms with Crippen LogP contribution in [0.1, 0.15) is 25.0 Å². The highest BCUT2D eigenvalue weighted by Gasteiger charge is 2.05. The van der Waals surface area contributed by atoms with E-state index in [0.29, 0.717) is 12.5 Å². The summed E-state index contributed by atoms with van der Waals surface area (Å²) in [5, 5.41) is 6.06. The summed E-state index contributed by atoms with van der Waals surface area (Å²) in [5.74, 6) is 1.27. The first-order valence-corrected chi connectivity index (χ1v) is 8.28. The smallest absolute Gasteiger partial charge is 0.243 e. The summed E-state index contributed by atoms with van der Waals surface area (Å²) < 4.78 is 5.64. The zero-order chi connectivity index (χ0) is 17.5. The third-order valence-corrected chi connectivity index (χ3v) is 3.56. The maximum Gasteiger partial charge on any atom is 0.243 e. The molecule has 2 aromatic rings. The van der Waals surface area contributed by atoms with Crippen LogP contribution in [0.25, 0.3) is 0 Å². The van der Waals surface area contributed by atoms with Crippen molar-refractivity contribution < 1.29 is 9.53 Å². The monoisotopic (exact) mass is 326 g/mol. The molecule has 0 saturated heterocycles. The molecular formula is C20H26N2O2. The second-order valence-corrected chi connectivity index (χ2v) is 6.45. The van der Waals surface area contributed by atoms with E-state index in [2.05, 4.69) is 24.5 Å². The highest BCUT2D eigenvalue weighted by Crippen LogP contribution is 2.18. The van der Waals surface area contributed by atoms with Gasteiger partial charge in [0, 0.05) is 11.4 Å². The Morgan fingerprint density at radius 2 is 1.79 bits per heavy atom. The molecule has 24 heavy (non-hydrogen) atoms. The van der Waals surface area contributed by atoms with Crippen LogP contribution in [0, 0.1) is 19.8 Å². The van der Waals surface area contributed by atoms with Gasteiger partial charge in [0.2, 0.25) is 5.91 Å². The van der Waals surface area contributed by atoms with Crippen LogP contribution in [0.5, 0.6) is 5.75 Å². The van der Waals surface area contributed by atoms with Crippen LogP contribution in [0.4, 0.5) is 11.4 Å². The first-order chi connectivity index (χ1) is 11.4. The van der Waals surface area contributed by atoms with Crippen molar-refractivity contribution in [1.82, 2.24) is 0 Å². The molecule has 0 saturated carbocycles. The fourth-order valence-corrected chi connectivity index (χ4v) is 2.18. The van der Waals surface area contributed by atoms with Gasteiger partial charge < -0.3 is 15.4 Å². The molecule has 0 aliphatic carbocycles. The quantitative estimate of drug-likeness (QED) is 0.793. The number of carbonyl (C=O) groups is 1. The van der Waals surface area contributed by atoms with Gasteiger partial charge in [-0.1, -0.05) is 26.0 Å². The van der Waals surface area contributed by atoms with Crippen molar-refractivity contribution in [3.05, 3.63) is 53.6 Å². The molecule has 4 nitrogen and oxygen atoms in total. The van der Waals surface area contributed by atoms with Gasteiger partial charge in [-0.2, -0.15) is 0 Å². The van der Waals surface area contributed by atoms with Crippen molar-refractivity contribution in [2.24, 2.45) is 5.92 Å². The molecule has 4 heteroatoms. The molecule has 2 N–H and O–H groups in total. The number of anilines is 2. The molecule has 0 aromatic heterocycles. The Morgan fingerprint density at radius 3 is 2.46 bits per heavy atom. The summed E-state index contributed by atoms with van der Waals surface area (Å²) in [7, 11) is 0. The van der Waals surface area contributed by atoms with Gasteiger partial charge in [-0.3, -0.25) is 4.79 Å². The number of aryl methyl sites for hydroxylation is 2. The summed E-state index contributed by atoms with van der Waals surface area (Å²) in [5.41, 5.74) is 3.93. The minimum Gasteiger partial charge on any atom is -0.493 e. The maximum absolute atomic E-state index is 12.1. The number of nitrogens with one attached hydrogen (secondary N) is 2. The van der Waals surface area contributed by atoms with Crippen molar-refractivity contribution in [2.75, 3.05) is 23.8 Å². The molecule has 0 unspecified atom stereocenters. The van der Waals surface area contributed by atoms with E-state index in [1.807, 2.05) is 56.3 Å². The first kappa shape index (κ1) is 17.9. The van der Waals surface area contributed by atoms with Crippen LogP contribution in [-0.4, -0.2) is 19.1 Å². The summed E-state index contributed by atoms with van der Waals surface area (Å²) in [6, 6.07) is 13.7. The fraction of sp³-hybridized carbons (Fsp3) is 0.350. The number of benzene rings is 2. The van der Waals surface area contributed by atoms with Gasteiger partial charge >= 0.3 is 0 Å². The van der Waals surface area contributed by atoms with Crippen LogP contribution >= 0.6 is 0 Å². The third-order valence-electron chi connectivity index (χ3n) is 3.56. The zero-order valence-corrected chi connectivity index (χ0v) is 14.8. The molecule has 0 bridgehead atoms. The maximum atomic E-state index is 12.1. The first-order valence-electron chi connectivity index (χ1n) is 8.28. The van der Waals surface area contributed by atoms with E-state index >= 15 is 0 Å². The van der Waals surface area contributed by atoms with Gasteiger partial charge in [0.1, 0.15) is 5.75 Å². The minimum atomic E-state index is -0.0659. The Hall–Kier alpha value is -2.49. The number of rotatable bonds is 7. The van der Waals surface area contributed by atoms with Gasteiger partial charge in [-0.05, 0) is 61.2 Å². The van der Waals surface area contributed by atoms with Gasteiger partial charge in [-0.25, -0.2) is 0 Å². The highest BCUT2D eigenvalue weighted by atomic mass is 16.5. The minimum absolute atomic E-state index is 0.0659. The molecule has 0 heterocycles. The Balaban J connectivity index is 1.84. The van der Waals surface area contributed by atoms with E-state index in [9.17, 15) is 4.79 Å². The Kier molecular flexibility index (Phi) is 6.24. The number of carbonyl (C=O) groups excluding carboxylic acids is 1.